The SMILES string of the molecule is O=C(O)c1cnn(-c2nc3ccccc3o2)c1. The molecular weight excluding hydrogens is 222 g/mol. The minimum Gasteiger partial charge on any atom is -0.478 e. The summed E-state index contributed by atoms with van der Waals surface area (Å²) in [5, 5.41) is 12.7. The number of carboxylic acid groups (broad SMARTS) is 1. The summed E-state index contributed by atoms with van der Waals surface area (Å²) in [6, 6.07) is 7.53. The van der Waals surface area contributed by atoms with Gasteiger partial charge in [0.15, 0.2) is 5.58 Å². The smallest absolute Gasteiger partial charge is 0.338 e. The Balaban J connectivity index is 2.10. The number of fused-ring (bicyclic) bond motifs is 1. The Labute approximate surface area is 95.1 Å². The van der Waals surface area contributed by atoms with Crippen molar-refractivity contribution in [1.29, 1.82) is 0 Å². The summed E-state index contributed by atoms with van der Waals surface area (Å²) >= 11 is 0. The van der Waals surface area contributed by atoms with Crippen molar-refractivity contribution in [2.24, 2.45) is 0 Å². The Morgan fingerprint density at radius 2 is 2.18 bits per heavy atom. The van der Waals surface area contributed by atoms with Crippen LogP contribution < -0.4 is 0 Å². The molecule has 17 heavy (non-hydrogen) atoms. The topological polar surface area (TPSA) is 81.1 Å². The van der Waals surface area contributed by atoms with Gasteiger partial charge >= 0.3 is 12.0 Å². The molecule has 0 radical (unpaired) electrons. The fraction of sp³-hybridized carbons (Fsp3) is 0. The Hall–Kier alpha value is -2.63. The van der Waals surface area contributed by atoms with Crippen LogP contribution in [0, 0.1) is 0 Å². The molecule has 0 unspecified atom stereocenters. The molecule has 0 aliphatic rings. The Morgan fingerprint density at radius 1 is 1.35 bits per heavy atom. The van der Waals surface area contributed by atoms with Crippen molar-refractivity contribution in [1.82, 2.24) is 14.8 Å². The number of rotatable bonds is 2. The molecule has 0 amide bonds. The monoisotopic (exact) mass is 229 g/mol. The van der Waals surface area contributed by atoms with E-state index in [1.54, 1.807) is 6.07 Å². The van der Waals surface area contributed by atoms with E-state index in [1.165, 1.54) is 17.1 Å². The van der Waals surface area contributed by atoms with Crippen LogP contribution in [-0.2, 0) is 0 Å². The summed E-state index contributed by atoms with van der Waals surface area (Å²) in [6.07, 6.45) is 2.60. The van der Waals surface area contributed by atoms with Crippen molar-refractivity contribution >= 4 is 17.1 Å². The molecule has 0 saturated carbocycles. The van der Waals surface area contributed by atoms with Crippen LogP contribution in [0.5, 0.6) is 0 Å². The molecule has 0 aliphatic heterocycles. The average molecular weight is 229 g/mol. The highest BCUT2D eigenvalue weighted by atomic mass is 16.4. The number of hydrogen-bond acceptors (Lipinski definition) is 4. The van der Waals surface area contributed by atoms with Crippen molar-refractivity contribution in [3.05, 3.63) is 42.2 Å². The van der Waals surface area contributed by atoms with E-state index >= 15 is 0 Å². The van der Waals surface area contributed by atoms with Crippen LogP contribution in [0.25, 0.3) is 17.1 Å². The molecule has 0 aliphatic carbocycles. The van der Waals surface area contributed by atoms with Crippen LogP contribution >= 0.6 is 0 Å². The first-order chi connectivity index (χ1) is 8.24. The van der Waals surface area contributed by atoms with Crippen molar-refractivity contribution < 1.29 is 14.3 Å². The molecule has 84 valence electrons. The maximum Gasteiger partial charge on any atom is 0.338 e. The van der Waals surface area contributed by atoms with E-state index in [2.05, 4.69) is 10.1 Å². The van der Waals surface area contributed by atoms with Crippen molar-refractivity contribution in [3.63, 3.8) is 0 Å². The lowest BCUT2D eigenvalue weighted by molar-refractivity contribution is 0.0697. The van der Waals surface area contributed by atoms with Crippen LogP contribution in [0.1, 0.15) is 10.4 Å². The zero-order valence-corrected chi connectivity index (χ0v) is 8.57. The van der Waals surface area contributed by atoms with Gasteiger partial charge in [-0.2, -0.15) is 14.8 Å². The molecule has 0 fully saturated rings. The van der Waals surface area contributed by atoms with Gasteiger partial charge in [0.2, 0.25) is 0 Å². The molecule has 6 nitrogen and oxygen atoms in total. The Morgan fingerprint density at radius 3 is 2.88 bits per heavy atom. The maximum atomic E-state index is 10.7. The second kappa shape index (κ2) is 3.44. The summed E-state index contributed by atoms with van der Waals surface area (Å²) in [7, 11) is 0. The van der Waals surface area contributed by atoms with Gasteiger partial charge in [-0.05, 0) is 12.1 Å². The molecule has 3 aromatic rings. The van der Waals surface area contributed by atoms with Gasteiger partial charge in [-0.1, -0.05) is 12.1 Å². The number of benzene rings is 1. The number of aromatic carboxylic acids is 1. The van der Waals surface area contributed by atoms with Gasteiger partial charge < -0.3 is 9.52 Å². The Bertz CT molecular complexity index is 666. The quantitative estimate of drug-likeness (QED) is 0.723. The third-order valence-electron chi connectivity index (χ3n) is 2.31. The average Bonchev–Trinajstić information content (AvgIpc) is 2.95. The summed E-state index contributed by atoms with van der Waals surface area (Å²) < 4.78 is 6.74. The van der Waals surface area contributed by atoms with Gasteiger partial charge in [0.05, 0.1) is 18.0 Å². The largest absolute Gasteiger partial charge is 0.478 e. The van der Waals surface area contributed by atoms with E-state index < -0.39 is 5.97 Å². The van der Waals surface area contributed by atoms with E-state index in [0.717, 1.165) is 0 Å². The second-order valence-electron chi connectivity index (χ2n) is 3.44. The molecule has 0 bridgehead atoms. The summed E-state index contributed by atoms with van der Waals surface area (Å²) in [5.74, 6) is -1.03. The van der Waals surface area contributed by atoms with Gasteiger partial charge in [0.25, 0.3) is 0 Å². The molecule has 1 N–H and O–H groups in total. The number of carbonyl (C=O) groups is 1. The van der Waals surface area contributed by atoms with Crippen LogP contribution in [-0.4, -0.2) is 25.8 Å². The lowest BCUT2D eigenvalue weighted by Gasteiger charge is -1.90. The predicted molar refractivity (Wildman–Crippen MR) is 58.1 cm³/mol. The van der Waals surface area contributed by atoms with Crippen molar-refractivity contribution in [2.45, 2.75) is 0 Å². The molecule has 1 aromatic carbocycles. The highest BCUT2D eigenvalue weighted by molar-refractivity contribution is 5.87. The standard InChI is InChI=1S/C11H7N3O3/c15-10(16)7-5-12-14(6-7)11-13-8-3-1-2-4-9(8)17-11/h1-6H,(H,15,16). The minimum atomic E-state index is -1.03. The number of carboxylic acids is 1. The van der Waals surface area contributed by atoms with Gasteiger partial charge in [0.1, 0.15) is 5.52 Å². The number of hydrogen-bond donors (Lipinski definition) is 1. The third-order valence-corrected chi connectivity index (χ3v) is 2.31. The molecule has 0 atom stereocenters. The molecule has 2 heterocycles. The molecule has 3 rings (SSSR count). The molecule has 6 heteroatoms. The van der Waals surface area contributed by atoms with E-state index in [1.807, 2.05) is 18.2 Å². The van der Waals surface area contributed by atoms with Crippen LogP contribution in [0.2, 0.25) is 0 Å². The molecule has 0 spiro atoms. The zero-order chi connectivity index (χ0) is 11.8. The van der Waals surface area contributed by atoms with Crippen LogP contribution in [0.15, 0.2) is 41.1 Å². The van der Waals surface area contributed by atoms with Crippen LogP contribution in [0.3, 0.4) is 0 Å². The van der Waals surface area contributed by atoms with Gasteiger partial charge in [-0.15, -0.1) is 0 Å². The van der Waals surface area contributed by atoms with E-state index in [-0.39, 0.29) is 11.6 Å². The van der Waals surface area contributed by atoms with E-state index in [4.69, 9.17) is 9.52 Å². The predicted octanol–water partition coefficient (Wildman–Crippen LogP) is 1.71. The number of nitrogens with zero attached hydrogens (tertiary/aromatic N) is 3. The molecule has 2 aromatic heterocycles. The third kappa shape index (κ3) is 1.55. The number of oxazole rings is 1. The number of aromatic nitrogens is 3. The lowest BCUT2D eigenvalue weighted by atomic mass is 10.3. The summed E-state index contributed by atoms with van der Waals surface area (Å²) in [5.41, 5.74) is 1.43. The number of para-hydroxylation sites is 2. The fourth-order valence-electron chi connectivity index (χ4n) is 1.50. The van der Waals surface area contributed by atoms with Crippen molar-refractivity contribution in [2.75, 3.05) is 0 Å². The molecular formula is C11H7N3O3. The zero-order valence-electron chi connectivity index (χ0n) is 8.57. The van der Waals surface area contributed by atoms with Gasteiger partial charge in [-0.3, -0.25) is 0 Å². The first kappa shape index (κ1) is 9.59. The van der Waals surface area contributed by atoms with Crippen LogP contribution in [0.4, 0.5) is 0 Å². The first-order valence-corrected chi connectivity index (χ1v) is 4.88. The summed E-state index contributed by atoms with van der Waals surface area (Å²) in [4.78, 5) is 14.9. The summed E-state index contributed by atoms with van der Waals surface area (Å²) in [6.45, 7) is 0. The second-order valence-corrected chi connectivity index (χ2v) is 3.44. The minimum absolute atomic E-state index is 0.0901. The molecule has 0 saturated heterocycles. The highest BCUT2D eigenvalue weighted by Crippen LogP contribution is 2.17. The maximum absolute atomic E-state index is 10.7. The van der Waals surface area contributed by atoms with E-state index in [9.17, 15) is 4.79 Å². The van der Waals surface area contributed by atoms with Crippen molar-refractivity contribution in [3.8, 4) is 6.01 Å². The fourth-order valence-corrected chi connectivity index (χ4v) is 1.50. The normalized spacial score (nSPS) is 10.8. The lowest BCUT2D eigenvalue weighted by Crippen LogP contribution is -1.95. The Kier molecular flexibility index (Phi) is 1.94. The first-order valence-electron chi connectivity index (χ1n) is 4.88. The van der Waals surface area contributed by atoms with E-state index in [0.29, 0.717) is 11.1 Å². The van der Waals surface area contributed by atoms with Gasteiger partial charge in [-0.25, -0.2) is 4.79 Å². The van der Waals surface area contributed by atoms with Gasteiger partial charge in [0, 0.05) is 0 Å². The highest BCUT2D eigenvalue weighted by Gasteiger charge is 2.11.